The Labute approximate surface area is 130 Å². The van der Waals surface area contributed by atoms with Crippen molar-refractivity contribution < 1.29 is 4.42 Å². The molecule has 4 nitrogen and oxygen atoms in total. The Kier molecular flexibility index (Phi) is 3.92. The predicted octanol–water partition coefficient (Wildman–Crippen LogP) is 3.99. The summed E-state index contributed by atoms with van der Waals surface area (Å²) in [6.07, 6.45) is 0. The minimum Gasteiger partial charge on any atom is -0.419 e. The zero-order valence-corrected chi connectivity index (χ0v) is 13.1. The summed E-state index contributed by atoms with van der Waals surface area (Å²) < 4.78 is 5.78. The molecule has 1 aromatic heterocycles. The first-order valence-electron chi connectivity index (χ1n) is 7.29. The Morgan fingerprint density at radius 2 is 1.73 bits per heavy atom. The van der Waals surface area contributed by atoms with Crippen LogP contribution in [0.5, 0.6) is 0 Å². The van der Waals surface area contributed by atoms with Gasteiger partial charge in [0.15, 0.2) is 0 Å². The highest BCUT2D eigenvalue weighted by Crippen LogP contribution is 2.21. The molecule has 0 saturated heterocycles. The third-order valence-electron chi connectivity index (χ3n) is 3.58. The number of nitrogens with zero attached hydrogens (tertiary/aromatic N) is 3. The second-order valence-corrected chi connectivity index (χ2v) is 5.56. The highest BCUT2D eigenvalue weighted by Gasteiger charge is 2.11. The fourth-order valence-corrected chi connectivity index (χ4v) is 2.31. The first-order chi connectivity index (χ1) is 10.6. The lowest BCUT2D eigenvalue weighted by molar-refractivity contribution is 0.503. The highest BCUT2D eigenvalue weighted by atomic mass is 16.4. The maximum absolute atomic E-state index is 5.78. The van der Waals surface area contributed by atoms with Crippen LogP contribution in [0.15, 0.2) is 52.9 Å². The van der Waals surface area contributed by atoms with Gasteiger partial charge in [-0.1, -0.05) is 35.4 Å². The van der Waals surface area contributed by atoms with Crippen LogP contribution in [0.2, 0.25) is 0 Å². The van der Waals surface area contributed by atoms with Crippen LogP contribution < -0.4 is 4.90 Å². The van der Waals surface area contributed by atoms with Gasteiger partial charge in [-0.3, -0.25) is 0 Å². The van der Waals surface area contributed by atoms with E-state index in [0.29, 0.717) is 18.3 Å². The Bertz CT molecular complexity index is 762. The molecular formula is C18H19N3O. The lowest BCUT2D eigenvalue weighted by Crippen LogP contribution is -2.16. The van der Waals surface area contributed by atoms with Crippen molar-refractivity contribution in [2.24, 2.45) is 0 Å². The Morgan fingerprint density at radius 1 is 0.955 bits per heavy atom. The van der Waals surface area contributed by atoms with E-state index in [4.69, 9.17) is 4.42 Å². The highest BCUT2D eigenvalue weighted by molar-refractivity contribution is 5.53. The van der Waals surface area contributed by atoms with Crippen LogP contribution in [-0.2, 0) is 6.54 Å². The molecule has 4 heteroatoms. The zero-order valence-electron chi connectivity index (χ0n) is 13.1. The zero-order chi connectivity index (χ0) is 15.5. The third-order valence-corrected chi connectivity index (χ3v) is 3.58. The van der Waals surface area contributed by atoms with Gasteiger partial charge in [0.1, 0.15) is 0 Å². The minimum atomic E-state index is 0.566. The summed E-state index contributed by atoms with van der Waals surface area (Å²) in [5, 5.41) is 8.29. The van der Waals surface area contributed by atoms with Crippen LogP contribution in [0.1, 0.15) is 17.0 Å². The van der Waals surface area contributed by atoms with Crippen LogP contribution in [0.3, 0.4) is 0 Å². The molecule has 0 spiro atoms. The number of hydrogen-bond acceptors (Lipinski definition) is 4. The first kappa shape index (κ1) is 14.3. The van der Waals surface area contributed by atoms with E-state index in [9.17, 15) is 0 Å². The van der Waals surface area contributed by atoms with Gasteiger partial charge in [-0.25, -0.2) is 0 Å². The van der Waals surface area contributed by atoms with Crippen LogP contribution in [0, 0.1) is 13.8 Å². The molecule has 1 heterocycles. The van der Waals surface area contributed by atoms with Crippen LogP contribution in [0.4, 0.5) is 5.69 Å². The summed E-state index contributed by atoms with van der Waals surface area (Å²) in [6.45, 7) is 4.71. The van der Waals surface area contributed by atoms with Gasteiger partial charge in [-0.2, -0.15) is 0 Å². The lowest BCUT2D eigenvalue weighted by Gasteiger charge is -2.16. The van der Waals surface area contributed by atoms with Gasteiger partial charge in [0.2, 0.25) is 11.8 Å². The molecule has 0 radical (unpaired) electrons. The van der Waals surface area contributed by atoms with Crippen molar-refractivity contribution in [3.8, 4) is 11.5 Å². The number of hydrogen-bond donors (Lipinski definition) is 0. The Hall–Kier alpha value is -2.62. The molecule has 0 atom stereocenters. The van der Waals surface area contributed by atoms with Crippen molar-refractivity contribution in [3.05, 3.63) is 65.5 Å². The first-order valence-corrected chi connectivity index (χ1v) is 7.29. The summed E-state index contributed by atoms with van der Waals surface area (Å²) in [4.78, 5) is 2.09. The maximum Gasteiger partial charge on any atom is 0.247 e. The van der Waals surface area contributed by atoms with E-state index in [-0.39, 0.29) is 0 Å². The molecule has 0 fully saturated rings. The molecule has 0 aliphatic carbocycles. The van der Waals surface area contributed by atoms with Crippen molar-refractivity contribution in [2.45, 2.75) is 20.4 Å². The summed E-state index contributed by atoms with van der Waals surface area (Å²) in [7, 11) is 2.02. The summed E-state index contributed by atoms with van der Waals surface area (Å²) in [6, 6.07) is 16.4. The molecule has 3 rings (SSSR count). The summed E-state index contributed by atoms with van der Waals surface area (Å²) >= 11 is 0. The van der Waals surface area contributed by atoms with Crippen molar-refractivity contribution in [2.75, 3.05) is 11.9 Å². The van der Waals surface area contributed by atoms with E-state index in [0.717, 1.165) is 11.3 Å². The number of aryl methyl sites for hydroxylation is 2. The topological polar surface area (TPSA) is 42.2 Å². The Balaban J connectivity index is 1.75. The maximum atomic E-state index is 5.78. The quantitative estimate of drug-likeness (QED) is 0.729. The molecule has 22 heavy (non-hydrogen) atoms. The summed E-state index contributed by atoms with van der Waals surface area (Å²) in [5.74, 6) is 1.18. The van der Waals surface area contributed by atoms with E-state index in [1.165, 1.54) is 11.1 Å². The van der Waals surface area contributed by atoms with E-state index in [1.807, 2.05) is 38.2 Å². The average molecular weight is 293 g/mol. The van der Waals surface area contributed by atoms with Crippen LogP contribution >= 0.6 is 0 Å². The van der Waals surface area contributed by atoms with E-state index >= 15 is 0 Å². The molecule has 0 aliphatic heterocycles. The number of aromatic nitrogens is 2. The monoisotopic (exact) mass is 293 g/mol. The van der Waals surface area contributed by atoms with Crippen LogP contribution in [0.25, 0.3) is 11.5 Å². The van der Waals surface area contributed by atoms with Gasteiger partial charge in [0.25, 0.3) is 0 Å². The van der Waals surface area contributed by atoms with Gasteiger partial charge in [-0.15, -0.1) is 10.2 Å². The standard InChI is InChI=1S/C18H19N3O/c1-13-7-9-16(10-8-13)21(3)12-17-19-20-18(22-17)15-6-4-5-14(2)11-15/h4-11H,12H2,1-3H3. The number of benzene rings is 2. The molecule has 0 unspecified atom stereocenters. The molecule has 0 bridgehead atoms. The van der Waals surface area contributed by atoms with Crippen LogP contribution in [-0.4, -0.2) is 17.2 Å². The fraction of sp³-hybridized carbons (Fsp3) is 0.222. The molecule has 3 aromatic rings. The number of anilines is 1. The second kappa shape index (κ2) is 6.02. The van der Waals surface area contributed by atoms with E-state index in [1.54, 1.807) is 0 Å². The lowest BCUT2D eigenvalue weighted by atomic mass is 10.1. The van der Waals surface area contributed by atoms with Crippen molar-refractivity contribution >= 4 is 5.69 Å². The molecule has 0 saturated carbocycles. The van der Waals surface area contributed by atoms with Gasteiger partial charge < -0.3 is 9.32 Å². The number of rotatable bonds is 4. The van der Waals surface area contributed by atoms with Gasteiger partial charge in [-0.05, 0) is 38.1 Å². The van der Waals surface area contributed by atoms with Gasteiger partial charge >= 0.3 is 0 Å². The molecule has 0 aliphatic rings. The fourth-order valence-electron chi connectivity index (χ4n) is 2.31. The minimum absolute atomic E-state index is 0.566. The molecule has 2 aromatic carbocycles. The van der Waals surface area contributed by atoms with Crippen molar-refractivity contribution in [3.63, 3.8) is 0 Å². The van der Waals surface area contributed by atoms with Gasteiger partial charge in [0.05, 0.1) is 6.54 Å². The van der Waals surface area contributed by atoms with E-state index < -0.39 is 0 Å². The SMILES string of the molecule is Cc1ccc(N(C)Cc2nnc(-c3cccc(C)c3)o2)cc1. The third kappa shape index (κ3) is 3.17. The molecule has 0 N–H and O–H groups in total. The molecule has 0 amide bonds. The van der Waals surface area contributed by atoms with Gasteiger partial charge in [0, 0.05) is 18.3 Å². The second-order valence-electron chi connectivity index (χ2n) is 5.56. The van der Waals surface area contributed by atoms with E-state index in [2.05, 4.69) is 46.3 Å². The average Bonchev–Trinajstić information content (AvgIpc) is 2.96. The van der Waals surface area contributed by atoms with Crippen molar-refractivity contribution in [1.82, 2.24) is 10.2 Å². The molecular weight excluding hydrogens is 274 g/mol. The molecule has 112 valence electrons. The smallest absolute Gasteiger partial charge is 0.247 e. The largest absolute Gasteiger partial charge is 0.419 e. The predicted molar refractivity (Wildman–Crippen MR) is 87.8 cm³/mol. The summed E-state index contributed by atoms with van der Waals surface area (Å²) in [5.41, 5.74) is 4.50. The Morgan fingerprint density at radius 3 is 2.45 bits per heavy atom. The normalized spacial score (nSPS) is 10.7. The van der Waals surface area contributed by atoms with Crippen molar-refractivity contribution in [1.29, 1.82) is 0 Å².